The molecule has 12 heteroatoms. The van der Waals surface area contributed by atoms with Gasteiger partial charge in [-0.1, -0.05) is 84.9 Å². The van der Waals surface area contributed by atoms with Gasteiger partial charge in [0.25, 0.3) is 13.4 Å². The highest BCUT2D eigenvalue weighted by Gasteiger charge is 2.58. The normalized spacial score (nSPS) is 15.5. The Labute approximate surface area is 439 Å². The quantitative estimate of drug-likeness (QED) is 0.161. The fraction of sp³-hybridized carbons (Fsp3) is 0.0794. The third-order valence-corrected chi connectivity index (χ3v) is 19.5. The second kappa shape index (κ2) is 13.0. The van der Waals surface area contributed by atoms with Crippen molar-refractivity contribution in [2.45, 2.75) is 6.92 Å². The van der Waals surface area contributed by atoms with E-state index in [1.165, 1.54) is 151 Å². The Hall–Kier alpha value is -8.99. The molecule has 0 amide bonds. The lowest BCUT2D eigenvalue weighted by Gasteiger charge is -2.54. The van der Waals surface area contributed by atoms with Gasteiger partial charge in [0.05, 0.1) is 108 Å². The van der Waals surface area contributed by atoms with Crippen LogP contribution in [0.25, 0.3) is 0 Å². The van der Waals surface area contributed by atoms with Crippen LogP contribution in [0.1, 0.15) is 5.56 Å². The number of para-hydroxylation sites is 8. The summed E-state index contributed by atoms with van der Waals surface area (Å²) < 4.78 is 2.81. The van der Waals surface area contributed by atoms with Gasteiger partial charge in [0.1, 0.15) is 0 Å². The van der Waals surface area contributed by atoms with Crippen LogP contribution in [0.4, 0.5) is 131 Å². The van der Waals surface area contributed by atoms with Crippen molar-refractivity contribution in [3.63, 3.8) is 0 Å². The molecule has 0 unspecified atom stereocenters. The molecule has 0 saturated heterocycles. The third kappa shape index (κ3) is 4.26. The fourth-order valence-corrected chi connectivity index (χ4v) is 16.9. The molecule has 0 fully saturated rings. The highest BCUT2D eigenvalue weighted by Crippen LogP contribution is 2.68. The van der Waals surface area contributed by atoms with Crippen molar-refractivity contribution in [2.24, 2.45) is 0 Å². The number of nitrogens with zero attached hydrogens (tertiary/aromatic N) is 9. The average molecular weight is 980 g/mol. The molecule has 0 radical (unpaired) electrons. The van der Waals surface area contributed by atoms with Gasteiger partial charge in [-0.25, -0.2) is 0 Å². The van der Waals surface area contributed by atoms with E-state index >= 15 is 0 Å². The van der Waals surface area contributed by atoms with Crippen LogP contribution in [-0.4, -0.2) is 41.6 Å². The number of rotatable bonds is 3. The Morgan fingerprint density at radius 3 is 1.24 bits per heavy atom. The topological polar surface area (TPSA) is 29.2 Å². The van der Waals surface area contributed by atoms with E-state index < -0.39 is 0 Å². The smallest absolute Gasteiger partial charge is 0.264 e. The molecule has 0 bridgehead atoms. The van der Waals surface area contributed by atoms with E-state index in [2.05, 4.69) is 260 Å². The monoisotopic (exact) mass is 979 g/mol. The van der Waals surface area contributed by atoms with Gasteiger partial charge in [0, 0.05) is 60.5 Å². The molecule has 1 aromatic heterocycles. The molecular weight excluding hydrogens is 936 g/mol. The van der Waals surface area contributed by atoms with E-state index in [1.54, 1.807) is 0 Å². The van der Waals surface area contributed by atoms with Gasteiger partial charge < -0.3 is 44.1 Å². The van der Waals surface area contributed by atoms with Gasteiger partial charge in [-0.05, 0) is 119 Å². The first kappa shape index (κ1) is 39.5. The first-order chi connectivity index (χ1) is 36.9. The second-order valence-electron chi connectivity index (χ2n) is 21.5. The van der Waals surface area contributed by atoms with Crippen molar-refractivity contribution in [1.29, 1.82) is 0 Å². The predicted octanol–water partition coefficient (Wildman–Crippen LogP) is 12.3. The van der Waals surface area contributed by atoms with Gasteiger partial charge in [-0.3, -0.25) is 0 Å². The average Bonchev–Trinajstić information content (AvgIpc) is 4.04. The Morgan fingerprint density at radius 2 is 0.733 bits per heavy atom. The maximum Gasteiger partial charge on any atom is 0.264 e. The molecule has 75 heavy (non-hydrogen) atoms. The molecule has 0 atom stereocenters. The van der Waals surface area contributed by atoms with Crippen molar-refractivity contribution >= 4 is 187 Å². The minimum Gasteiger partial charge on any atom is -0.341 e. The van der Waals surface area contributed by atoms with Gasteiger partial charge in [0.2, 0.25) is 0 Å². The van der Waals surface area contributed by atoms with E-state index in [1.807, 2.05) is 0 Å². The molecule has 0 spiro atoms. The van der Waals surface area contributed by atoms with E-state index in [0.717, 1.165) is 17.1 Å². The highest BCUT2D eigenvalue weighted by atomic mass is 32.1. The maximum atomic E-state index is 2.70. The van der Waals surface area contributed by atoms with Gasteiger partial charge in [0.15, 0.2) is 0 Å². The van der Waals surface area contributed by atoms with Crippen molar-refractivity contribution in [3.8, 4) is 0 Å². The number of fused-ring (bicyclic) bond motifs is 9. The van der Waals surface area contributed by atoms with Crippen LogP contribution in [-0.2, 0) is 0 Å². The molecule has 19 rings (SSSR count). The van der Waals surface area contributed by atoms with Crippen LogP contribution in [0.2, 0.25) is 0 Å². The number of hydrogen-bond acceptors (Lipinski definition) is 10. The molecule has 0 aliphatic carbocycles. The zero-order valence-electron chi connectivity index (χ0n) is 41.8. The molecule has 9 aromatic carbocycles. The molecule has 0 N–H and O–H groups in total. The summed E-state index contributed by atoms with van der Waals surface area (Å²) in [6.45, 7) is 2.29. The summed E-state index contributed by atoms with van der Waals surface area (Å²) in [6.07, 6.45) is 0. The number of aryl methyl sites for hydroxylation is 1. The van der Waals surface area contributed by atoms with Crippen molar-refractivity contribution in [1.82, 2.24) is 0 Å². The van der Waals surface area contributed by atoms with Crippen molar-refractivity contribution < 1.29 is 0 Å². The minimum atomic E-state index is -0.0475. The van der Waals surface area contributed by atoms with Crippen molar-refractivity contribution in [3.05, 3.63) is 175 Å². The SMILES string of the molecule is Cc1cc2c3c4c1N(C)c1cccc5c1N4c1c(cccc1N5C)B3c1sc3c4c1N2c1ccccc1N4c1cc(N(c2ccccc2)c2ccccc2)c2c4c1B3c1cccc3c1N4c1c(cccc1N2C)N3C. The van der Waals surface area contributed by atoms with Gasteiger partial charge in [-0.2, -0.15) is 11.3 Å². The van der Waals surface area contributed by atoms with Crippen LogP contribution in [0.15, 0.2) is 170 Å². The van der Waals surface area contributed by atoms with E-state index in [9.17, 15) is 0 Å². The summed E-state index contributed by atoms with van der Waals surface area (Å²) in [6, 6.07) is 64.1. The number of anilines is 23. The van der Waals surface area contributed by atoms with Crippen LogP contribution in [0, 0.1) is 6.92 Å². The molecule has 9 aliphatic rings. The molecule has 9 aliphatic heterocycles. The maximum absolute atomic E-state index is 2.70. The zero-order chi connectivity index (χ0) is 49.2. The van der Waals surface area contributed by atoms with Crippen LogP contribution < -0.4 is 75.5 Å². The van der Waals surface area contributed by atoms with Crippen LogP contribution in [0.3, 0.4) is 0 Å². The second-order valence-corrected chi connectivity index (χ2v) is 22.6. The number of hydrogen-bond donors (Lipinski definition) is 0. The summed E-state index contributed by atoms with van der Waals surface area (Å²) in [7, 11) is 9.09. The Balaban J connectivity index is 0.972. The fourth-order valence-electron chi connectivity index (χ4n) is 15.4. The first-order valence-electron chi connectivity index (χ1n) is 26.1. The summed E-state index contributed by atoms with van der Waals surface area (Å²) in [4.78, 5) is 23.1. The lowest BCUT2D eigenvalue weighted by Crippen LogP contribution is -2.62. The van der Waals surface area contributed by atoms with Crippen LogP contribution >= 0.6 is 11.3 Å². The number of benzene rings is 9. The van der Waals surface area contributed by atoms with E-state index in [4.69, 9.17) is 0 Å². The highest BCUT2D eigenvalue weighted by molar-refractivity contribution is 7.39. The molecule has 0 saturated carbocycles. The lowest BCUT2D eigenvalue weighted by molar-refractivity contribution is 1.07. The summed E-state index contributed by atoms with van der Waals surface area (Å²) >= 11 is 2.07. The molecular formula is C63H43B2N9S. The van der Waals surface area contributed by atoms with Crippen molar-refractivity contribution in [2.75, 3.05) is 72.3 Å². The Bertz CT molecular complexity index is 4330. The summed E-state index contributed by atoms with van der Waals surface area (Å²) in [5, 5.41) is 0. The van der Waals surface area contributed by atoms with E-state index in [0.29, 0.717) is 0 Å². The minimum absolute atomic E-state index is 0.00107. The predicted molar refractivity (Wildman–Crippen MR) is 318 cm³/mol. The molecule has 9 nitrogen and oxygen atoms in total. The largest absolute Gasteiger partial charge is 0.341 e. The zero-order valence-corrected chi connectivity index (χ0v) is 42.6. The third-order valence-electron chi connectivity index (χ3n) is 18.2. The Morgan fingerprint density at radius 1 is 0.333 bits per heavy atom. The first-order valence-corrected chi connectivity index (χ1v) is 26.9. The van der Waals surface area contributed by atoms with Gasteiger partial charge >= 0.3 is 0 Å². The molecule has 10 heterocycles. The lowest BCUT2D eigenvalue weighted by atomic mass is 9.34. The molecule has 10 aromatic rings. The van der Waals surface area contributed by atoms with E-state index in [-0.39, 0.29) is 13.4 Å². The molecule has 352 valence electrons. The summed E-state index contributed by atoms with van der Waals surface area (Å²) in [5.41, 5.74) is 35.1. The Kier molecular flexibility index (Phi) is 6.86. The van der Waals surface area contributed by atoms with Gasteiger partial charge in [-0.15, -0.1) is 0 Å². The number of thiophene rings is 1. The standard InChI is InChI=1S/C63H43B2N9S/c1-34-32-47-50-58-52(34)68(4)45-30-16-28-43-55(45)73(58)53-37(22-14-26-41(53)66(43)2)64(50)62-60-61-63(75-62)65-38-23-15-27-42-54(38)74-56-44(67(42)3)29-17-31-46(56)69(5)57-49(70(35-18-8-6-9-19-35)36-20-10-7-11-21-36)33-48(51(65)59(57)74)72(61)40-25-13-12-24-39(40)71(47)60/h6-33H,1-5H3. The summed E-state index contributed by atoms with van der Waals surface area (Å²) in [5.74, 6) is 0. The van der Waals surface area contributed by atoms with Crippen LogP contribution in [0.5, 0.6) is 0 Å².